The molecule has 4 heteroatoms. The summed E-state index contributed by atoms with van der Waals surface area (Å²) < 4.78 is 31.8. The zero-order valence-electron chi connectivity index (χ0n) is 9.20. The molecular weight excluding hydrogens is 212 g/mol. The van der Waals surface area contributed by atoms with Crippen LogP contribution < -0.4 is 0 Å². The molecule has 1 aliphatic heterocycles. The molecule has 1 atom stereocenters. The van der Waals surface area contributed by atoms with Crippen molar-refractivity contribution in [2.24, 2.45) is 0 Å². The predicted octanol–water partition coefficient (Wildman–Crippen LogP) is 2.50. The molecule has 1 saturated heterocycles. The Morgan fingerprint density at radius 3 is 2.62 bits per heavy atom. The molecule has 0 spiro atoms. The maximum absolute atomic E-state index is 13.2. The fourth-order valence-electron chi connectivity index (χ4n) is 1.83. The van der Waals surface area contributed by atoms with Crippen LogP contribution in [0.1, 0.15) is 12.0 Å². The zero-order valence-corrected chi connectivity index (χ0v) is 9.20. The van der Waals surface area contributed by atoms with E-state index in [0.29, 0.717) is 13.2 Å². The first-order chi connectivity index (χ1) is 7.58. The molecule has 0 aliphatic carbocycles. The Labute approximate surface area is 93.8 Å². The largest absolute Gasteiger partial charge is 0.372 e. The number of ether oxygens (including phenoxy) is 1. The quantitative estimate of drug-likeness (QED) is 0.736. The Bertz CT molecular complexity index is 342. The molecule has 2 rings (SSSR count). The molecule has 16 heavy (non-hydrogen) atoms. The van der Waals surface area contributed by atoms with Gasteiger partial charge in [0.05, 0.1) is 19.1 Å². The molecule has 88 valence electrons. The van der Waals surface area contributed by atoms with Crippen LogP contribution in [0.5, 0.6) is 0 Å². The molecule has 0 N–H and O–H groups in total. The molecule has 1 aromatic rings. The number of hydrogen-bond donors (Lipinski definition) is 0. The molecule has 0 bridgehead atoms. The standard InChI is InChI=1S/C12H15F2NO/c1-15-8-11(7-12(15,13)14)16-9-10-5-3-2-4-6-10/h2-6,11H,7-9H2,1H3. The minimum atomic E-state index is -2.72. The molecule has 1 fully saturated rings. The molecule has 0 radical (unpaired) electrons. The molecule has 2 nitrogen and oxygen atoms in total. The third-order valence-electron chi connectivity index (χ3n) is 2.84. The minimum absolute atomic E-state index is 0.212. The van der Waals surface area contributed by atoms with Crippen LogP contribution in [0.4, 0.5) is 8.78 Å². The lowest BCUT2D eigenvalue weighted by Crippen LogP contribution is -2.31. The number of nitrogens with zero attached hydrogens (tertiary/aromatic N) is 1. The van der Waals surface area contributed by atoms with Crippen molar-refractivity contribution in [3.8, 4) is 0 Å². The van der Waals surface area contributed by atoms with Crippen molar-refractivity contribution in [3.63, 3.8) is 0 Å². The third-order valence-corrected chi connectivity index (χ3v) is 2.84. The van der Waals surface area contributed by atoms with E-state index in [0.717, 1.165) is 10.5 Å². The van der Waals surface area contributed by atoms with Gasteiger partial charge >= 0.3 is 6.05 Å². The summed E-state index contributed by atoms with van der Waals surface area (Å²) in [6.07, 6.45) is -0.587. The van der Waals surface area contributed by atoms with Crippen LogP contribution in [0, 0.1) is 0 Å². The first kappa shape index (κ1) is 11.5. The van der Waals surface area contributed by atoms with Gasteiger partial charge in [0, 0.05) is 6.54 Å². The van der Waals surface area contributed by atoms with Gasteiger partial charge in [-0.25, -0.2) is 4.90 Å². The van der Waals surface area contributed by atoms with Gasteiger partial charge in [-0.3, -0.25) is 0 Å². The summed E-state index contributed by atoms with van der Waals surface area (Å²) >= 11 is 0. The van der Waals surface area contributed by atoms with Crippen molar-refractivity contribution in [1.82, 2.24) is 4.90 Å². The summed E-state index contributed by atoms with van der Waals surface area (Å²) in [5, 5.41) is 0. The van der Waals surface area contributed by atoms with Crippen molar-refractivity contribution in [1.29, 1.82) is 0 Å². The number of halogens is 2. The van der Waals surface area contributed by atoms with Gasteiger partial charge < -0.3 is 4.74 Å². The Kier molecular flexibility index (Phi) is 3.21. The highest BCUT2D eigenvalue weighted by Crippen LogP contribution is 2.32. The monoisotopic (exact) mass is 227 g/mol. The van der Waals surface area contributed by atoms with Crippen molar-refractivity contribution in [3.05, 3.63) is 35.9 Å². The smallest absolute Gasteiger partial charge is 0.307 e. The first-order valence-corrected chi connectivity index (χ1v) is 5.32. The molecule has 0 amide bonds. The second-order valence-electron chi connectivity index (χ2n) is 4.17. The van der Waals surface area contributed by atoms with Crippen molar-refractivity contribution >= 4 is 0 Å². The lowest BCUT2D eigenvalue weighted by molar-refractivity contribution is -0.108. The number of alkyl halides is 2. The van der Waals surface area contributed by atoms with Gasteiger partial charge in [-0.2, -0.15) is 8.78 Å². The summed E-state index contributed by atoms with van der Waals surface area (Å²) in [7, 11) is 1.42. The van der Waals surface area contributed by atoms with Crippen LogP contribution in [-0.2, 0) is 11.3 Å². The Morgan fingerprint density at radius 2 is 2.06 bits per heavy atom. The van der Waals surface area contributed by atoms with E-state index in [-0.39, 0.29) is 12.5 Å². The maximum Gasteiger partial charge on any atom is 0.307 e. The molecule has 1 unspecified atom stereocenters. The Balaban J connectivity index is 1.85. The van der Waals surface area contributed by atoms with E-state index in [1.807, 2.05) is 30.3 Å². The Morgan fingerprint density at radius 1 is 1.38 bits per heavy atom. The van der Waals surface area contributed by atoms with Gasteiger partial charge in [0.15, 0.2) is 0 Å². The first-order valence-electron chi connectivity index (χ1n) is 5.32. The SMILES string of the molecule is CN1CC(OCc2ccccc2)CC1(F)F. The van der Waals surface area contributed by atoms with E-state index >= 15 is 0 Å². The third kappa shape index (κ3) is 2.57. The van der Waals surface area contributed by atoms with Crippen molar-refractivity contribution in [2.75, 3.05) is 13.6 Å². The second-order valence-corrected chi connectivity index (χ2v) is 4.17. The van der Waals surface area contributed by atoms with Crippen LogP contribution in [0.15, 0.2) is 30.3 Å². The maximum atomic E-state index is 13.2. The number of likely N-dealkylation sites (tertiary alicyclic amines) is 1. The lowest BCUT2D eigenvalue weighted by atomic mass is 10.2. The van der Waals surface area contributed by atoms with Crippen molar-refractivity contribution in [2.45, 2.75) is 25.2 Å². The van der Waals surface area contributed by atoms with Crippen LogP contribution in [0.3, 0.4) is 0 Å². The molecule has 0 saturated carbocycles. The van der Waals surface area contributed by atoms with E-state index in [2.05, 4.69) is 0 Å². The van der Waals surface area contributed by atoms with Gasteiger partial charge in [-0.1, -0.05) is 30.3 Å². The van der Waals surface area contributed by atoms with E-state index in [4.69, 9.17) is 4.74 Å². The summed E-state index contributed by atoms with van der Waals surface area (Å²) in [6, 6.07) is 6.87. The number of benzene rings is 1. The second kappa shape index (κ2) is 4.47. The van der Waals surface area contributed by atoms with Gasteiger partial charge in [0.2, 0.25) is 0 Å². The van der Waals surface area contributed by atoms with Crippen molar-refractivity contribution < 1.29 is 13.5 Å². The normalized spacial score (nSPS) is 24.8. The highest BCUT2D eigenvalue weighted by molar-refractivity contribution is 5.13. The molecular formula is C12H15F2NO. The van der Waals surface area contributed by atoms with E-state index in [1.54, 1.807) is 0 Å². The fourth-order valence-corrected chi connectivity index (χ4v) is 1.83. The van der Waals surface area contributed by atoms with E-state index < -0.39 is 6.05 Å². The molecule has 0 aromatic heterocycles. The summed E-state index contributed by atoms with van der Waals surface area (Å²) in [6.45, 7) is 0.690. The minimum Gasteiger partial charge on any atom is -0.372 e. The van der Waals surface area contributed by atoms with Crippen LogP contribution in [-0.4, -0.2) is 30.6 Å². The topological polar surface area (TPSA) is 12.5 Å². The summed E-state index contributed by atoms with van der Waals surface area (Å²) in [5.74, 6) is 0. The Hall–Kier alpha value is -1.00. The zero-order chi connectivity index (χ0) is 11.6. The lowest BCUT2D eigenvalue weighted by Gasteiger charge is -2.16. The van der Waals surface area contributed by atoms with Gasteiger partial charge in [0.1, 0.15) is 0 Å². The molecule has 1 aliphatic rings. The number of hydrogen-bond acceptors (Lipinski definition) is 2. The highest BCUT2D eigenvalue weighted by Gasteiger charge is 2.44. The average Bonchev–Trinajstić information content (AvgIpc) is 2.52. The number of likely N-dealkylation sites (N-methyl/N-ethyl adjacent to an activating group) is 1. The predicted molar refractivity (Wildman–Crippen MR) is 57.2 cm³/mol. The highest BCUT2D eigenvalue weighted by atomic mass is 19.3. The van der Waals surface area contributed by atoms with Crippen LogP contribution >= 0.6 is 0 Å². The average molecular weight is 227 g/mol. The van der Waals surface area contributed by atoms with Crippen LogP contribution in [0.2, 0.25) is 0 Å². The number of rotatable bonds is 3. The van der Waals surface area contributed by atoms with E-state index in [9.17, 15) is 8.78 Å². The molecule has 1 heterocycles. The van der Waals surface area contributed by atoms with Gasteiger partial charge in [-0.15, -0.1) is 0 Å². The van der Waals surface area contributed by atoms with Crippen LogP contribution in [0.25, 0.3) is 0 Å². The molecule has 1 aromatic carbocycles. The summed E-state index contributed by atoms with van der Waals surface area (Å²) in [5.41, 5.74) is 1.01. The summed E-state index contributed by atoms with van der Waals surface area (Å²) in [4.78, 5) is 1.04. The van der Waals surface area contributed by atoms with Gasteiger partial charge in [-0.05, 0) is 12.6 Å². The van der Waals surface area contributed by atoms with Gasteiger partial charge in [0.25, 0.3) is 0 Å². The van der Waals surface area contributed by atoms with E-state index in [1.165, 1.54) is 7.05 Å². The fraction of sp³-hybridized carbons (Fsp3) is 0.500.